The van der Waals surface area contributed by atoms with Crippen molar-refractivity contribution in [2.45, 2.75) is 12.1 Å². The summed E-state index contributed by atoms with van der Waals surface area (Å²) >= 11 is 0. The van der Waals surface area contributed by atoms with Gasteiger partial charge in [-0.2, -0.15) is 0 Å². The normalized spacial score (nSPS) is 11.5. The van der Waals surface area contributed by atoms with Gasteiger partial charge in [0.1, 0.15) is 31.0 Å². The van der Waals surface area contributed by atoms with Crippen LogP contribution >= 0.6 is 0 Å². The van der Waals surface area contributed by atoms with Crippen molar-refractivity contribution in [3.05, 3.63) is 48.8 Å². The number of rotatable bonds is 7. The zero-order chi connectivity index (χ0) is 14.2. The van der Waals surface area contributed by atoms with Crippen LogP contribution in [0.1, 0.15) is 0 Å². The Morgan fingerprint density at radius 3 is 1.60 bits per heavy atom. The summed E-state index contributed by atoms with van der Waals surface area (Å²) in [6.45, 7) is 0. The first kappa shape index (κ1) is 14.7. The summed E-state index contributed by atoms with van der Waals surface area (Å²) in [4.78, 5) is 8.78. The van der Waals surface area contributed by atoms with Crippen LogP contribution in [0.3, 0.4) is 0 Å². The lowest BCUT2D eigenvalue weighted by Crippen LogP contribution is -2.26. The summed E-state index contributed by atoms with van der Waals surface area (Å²) in [6, 6.07) is 14.9. The highest BCUT2D eigenvalue weighted by Crippen LogP contribution is 2.09. The topological polar surface area (TPSA) is 32.3 Å². The molecule has 20 heavy (non-hydrogen) atoms. The van der Waals surface area contributed by atoms with E-state index >= 15 is 0 Å². The quantitative estimate of drug-likeness (QED) is 0.565. The Kier molecular flexibility index (Phi) is 5.75. The molecule has 0 bridgehead atoms. The van der Waals surface area contributed by atoms with Gasteiger partial charge >= 0.3 is 0 Å². The predicted octanol–water partition coefficient (Wildman–Crippen LogP) is 1.05. The third kappa shape index (κ3) is 4.46. The third-order valence-electron chi connectivity index (χ3n) is 3.32. The molecule has 106 valence electrons. The molecule has 0 atom stereocenters. The number of anilines is 2. The third-order valence-corrected chi connectivity index (χ3v) is 7.94. The molecule has 0 saturated carbocycles. The van der Waals surface area contributed by atoms with E-state index in [0.717, 1.165) is 11.6 Å². The van der Waals surface area contributed by atoms with Crippen LogP contribution < -0.4 is 9.13 Å². The summed E-state index contributed by atoms with van der Waals surface area (Å²) in [6.07, 6.45) is 3.73. The Balaban J connectivity index is 1.69. The molecule has 4 nitrogen and oxygen atoms in total. The van der Waals surface area contributed by atoms with Crippen LogP contribution in [0.5, 0.6) is 0 Å². The lowest BCUT2D eigenvalue weighted by Gasteiger charge is -2.20. The average molecular weight is 303 g/mol. The van der Waals surface area contributed by atoms with Crippen molar-refractivity contribution in [1.29, 1.82) is 0 Å². The summed E-state index contributed by atoms with van der Waals surface area (Å²) < 4.78 is 4.71. The predicted molar refractivity (Wildman–Crippen MR) is 92.0 cm³/mol. The molecule has 0 saturated heterocycles. The molecule has 0 unspecified atom stereocenters. The zero-order valence-corrected chi connectivity index (χ0v) is 15.1. The minimum absolute atomic E-state index is 0.227. The van der Waals surface area contributed by atoms with E-state index in [1.54, 1.807) is 0 Å². The maximum absolute atomic E-state index is 4.39. The van der Waals surface area contributed by atoms with E-state index in [9.17, 15) is 0 Å². The van der Waals surface area contributed by atoms with Gasteiger partial charge in [0.2, 0.25) is 0 Å². The van der Waals surface area contributed by atoms with Gasteiger partial charge in [-0.15, -0.1) is 0 Å². The second-order valence-electron chi connectivity index (χ2n) is 4.93. The zero-order valence-electron chi connectivity index (χ0n) is 12.2. The van der Waals surface area contributed by atoms with Crippen LogP contribution in [-0.2, 0) is 0 Å². The number of nitrogens with zero attached hydrogens (tertiary/aromatic N) is 4. The fourth-order valence-electron chi connectivity index (χ4n) is 2.09. The van der Waals surface area contributed by atoms with Crippen molar-refractivity contribution in [3.8, 4) is 0 Å². The van der Waals surface area contributed by atoms with Crippen LogP contribution in [0.25, 0.3) is 0 Å². The first-order valence-corrected chi connectivity index (χ1v) is 10.3. The lowest BCUT2D eigenvalue weighted by molar-refractivity contribution is 1.16. The van der Waals surface area contributed by atoms with Gasteiger partial charge in [0.25, 0.3) is 0 Å². The molecule has 2 rings (SSSR count). The van der Waals surface area contributed by atoms with E-state index in [4.69, 9.17) is 0 Å². The van der Waals surface area contributed by atoms with Crippen molar-refractivity contribution in [2.24, 2.45) is 0 Å². The van der Waals surface area contributed by atoms with Gasteiger partial charge in [-0.3, -0.25) is 0 Å². The van der Waals surface area contributed by atoms with E-state index in [1.807, 2.05) is 24.5 Å². The molecule has 2 aromatic rings. The van der Waals surface area contributed by atoms with Gasteiger partial charge in [0.15, 0.2) is 0 Å². The monoisotopic (exact) mass is 302 g/mol. The van der Waals surface area contributed by atoms with Gasteiger partial charge in [0.05, 0.1) is 0 Å². The number of hydrogen-bond donors (Lipinski definition) is 0. The summed E-state index contributed by atoms with van der Waals surface area (Å²) in [5, 5.41) is 0. The second-order valence-corrected chi connectivity index (χ2v) is 9.13. The maximum Gasteiger partial charge on any atom is 0.125 e. The van der Waals surface area contributed by atoms with E-state index in [2.05, 4.69) is 57.5 Å². The number of aromatic nitrogens is 2. The van der Waals surface area contributed by atoms with Crippen molar-refractivity contribution >= 4 is 31.0 Å². The Morgan fingerprint density at radius 2 is 1.25 bits per heavy atom. The highest BCUT2D eigenvalue weighted by Gasteiger charge is 2.04. The molecule has 0 aliphatic carbocycles. The molecule has 0 amide bonds. The van der Waals surface area contributed by atoms with Crippen LogP contribution in [-0.4, -0.2) is 43.4 Å². The highest BCUT2D eigenvalue weighted by molar-refractivity contribution is 6.47. The van der Waals surface area contributed by atoms with Crippen LogP contribution in [0.2, 0.25) is 12.1 Å². The summed E-state index contributed by atoms with van der Waals surface area (Å²) in [5.41, 5.74) is 0. The van der Waals surface area contributed by atoms with Crippen molar-refractivity contribution in [3.63, 3.8) is 0 Å². The molecule has 6 heteroatoms. The van der Waals surface area contributed by atoms with Gasteiger partial charge < -0.3 is 9.13 Å². The SMILES string of the molecule is CN([SiH2]CC[SiH2]N(C)c1ccccn1)c1ccccn1. The molecule has 0 radical (unpaired) electrons. The van der Waals surface area contributed by atoms with E-state index in [0.29, 0.717) is 0 Å². The molecular weight excluding hydrogens is 280 g/mol. The molecule has 0 spiro atoms. The van der Waals surface area contributed by atoms with Crippen molar-refractivity contribution in [2.75, 3.05) is 23.2 Å². The molecule has 0 aliphatic heterocycles. The number of hydrogen-bond acceptors (Lipinski definition) is 4. The van der Waals surface area contributed by atoms with Gasteiger partial charge in [-0.25, -0.2) is 9.97 Å². The largest absolute Gasteiger partial charge is 0.391 e. The van der Waals surface area contributed by atoms with Gasteiger partial charge in [-0.1, -0.05) is 12.1 Å². The Labute approximate surface area is 125 Å². The van der Waals surface area contributed by atoms with Crippen LogP contribution in [0.4, 0.5) is 11.6 Å². The minimum Gasteiger partial charge on any atom is -0.391 e. The van der Waals surface area contributed by atoms with Gasteiger partial charge in [-0.05, 0) is 50.4 Å². The van der Waals surface area contributed by atoms with Gasteiger partial charge in [0, 0.05) is 12.4 Å². The first-order chi connectivity index (χ1) is 9.77. The molecule has 0 aromatic carbocycles. The summed E-state index contributed by atoms with van der Waals surface area (Å²) in [5.74, 6) is 2.22. The average Bonchev–Trinajstić information content (AvgIpc) is 2.53. The Bertz CT molecular complexity index is 448. The van der Waals surface area contributed by atoms with Crippen LogP contribution in [0, 0.1) is 0 Å². The van der Waals surface area contributed by atoms with E-state index in [-0.39, 0.29) is 19.4 Å². The first-order valence-electron chi connectivity index (χ1n) is 7.02. The molecule has 0 fully saturated rings. The minimum atomic E-state index is -0.227. The summed E-state index contributed by atoms with van der Waals surface area (Å²) in [7, 11) is 3.88. The lowest BCUT2D eigenvalue weighted by atomic mass is 10.5. The van der Waals surface area contributed by atoms with Crippen LogP contribution in [0.15, 0.2) is 48.8 Å². The fourth-order valence-corrected chi connectivity index (χ4v) is 5.66. The second kappa shape index (κ2) is 7.81. The molecule has 0 N–H and O–H groups in total. The maximum atomic E-state index is 4.39. The number of pyridine rings is 2. The molecule has 2 heterocycles. The van der Waals surface area contributed by atoms with E-state index in [1.165, 1.54) is 12.1 Å². The van der Waals surface area contributed by atoms with Crippen molar-refractivity contribution in [1.82, 2.24) is 9.97 Å². The standard InChI is InChI=1S/C14H22N4Si2/c1-17(13-7-3-5-9-15-13)19-11-12-20-18(2)14-8-4-6-10-16-14/h3-10H,11-12,19-20H2,1-2H3. The molecular formula is C14H22N4Si2. The smallest absolute Gasteiger partial charge is 0.125 e. The Hall–Kier alpha value is -1.67. The highest BCUT2D eigenvalue weighted by atomic mass is 28.2. The molecule has 2 aromatic heterocycles. The van der Waals surface area contributed by atoms with E-state index < -0.39 is 0 Å². The fraction of sp³-hybridized carbons (Fsp3) is 0.286. The molecule has 0 aliphatic rings. The van der Waals surface area contributed by atoms with Crippen molar-refractivity contribution < 1.29 is 0 Å². The Morgan fingerprint density at radius 1 is 0.800 bits per heavy atom.